The number of carbonyl (C=O) groups is 3. The molecule has 0 fully saturated rings. The highest BCUT2D eigenvalue weighted by molar-refractivity contribution is 6.72. The SMILES string of the molecule is CC(=O)O[SiH](CCC[Si](C)(C)OC(C)=O)OC(C)=O. The Balaban J connectivity index is 4.20. The van der Waals surface area contributed by atoms with Crippen LogP contribution in [0.1, 0.15) is 27.2 Å². The van der Waals surface area contributed by atoms with Gasteiger partial charge in [-0.15, -0.1) is 0 Å². The van der Waals surface area contributed by atoms with Crippen molar-refractivity contribution in [1.82, 2.24) is 0 Å². The Kier molecular flexibility index (Phi) is 7.61. The van der Waals surface area contributed by atoms with Crippen LogP contribution in [0, 0.1) is 0 Å². The molecule has 0 amide bonds. The molecule has 0 saturated heterocycles. The third kappa shape index (κ3) is 10.5. The van der Waals surface area contributed by atoms with Crippen LogP contribution in [-0.2, 0) is 27.7 Å². The molecule has 0 aliphatic carbocycles. The highest BCUT2D eigenvalue weighted by Crippen LogP contribution is 2.17. The molecular weight excluding hydrogens is 284 g/mol. The summed E-state index contributed by atoms with van der Waals surface area (Å²) in [6.45, 7) is 7.87. The molecule has 0 radical (unpaired) electrons. The topological polar surface area (TPSA) is 78.9 Å². The van der Waals surface area contributed by atoms with E-state index in [-0.39, 0.29) is 5.97 Å². The molecule has 0 atom stereocenters. The molecular formula is C11H22O6Si2. The van der Waals surface area contributed by atoms with Crippen LogP contribution in [0.2, 0.25) is 25.2 Å². The molecule has 0 aromatic rings. The first-order valence-electron chi connectivity index (χ1n) is 6.16. The molecule has 0 saturated carbocycles. The monoisotopic (exact) mass is 306 g/mol. The lowest BCUT2D eigenvalue weighted by Gasteiger charge is -2.22. The highest BCUT2D eigenvalue weighted by Gasteiger charge is 2.27. The molecule has 0 aromatic carbocycles. The van der Waals surface area contributed by atoms with Gasteiger partial charge >= 0.3 is 9.28 Å². The van der Waals surface area contributed by atoms with E-state index in [0.717, 1.165) is 6.04 Å². The molecule has 8 heteroatoms. The van der Waals surface area contributed by atoms with E-state index >= 15 is 0 Å². The lowest BCUT2D eigenvalue weighted by atomic mass is 10.6. The van der Waals surface area contributed by atoms with Crippen LogP contribution in [0.25, 0.3) is 0 Å². The zero-order chi connectivity index (χ0) is 15.1. The van der Waals surface area contributed by atoms with Crippen LogP contribution < -0.4 is 0 Å². The van der Waals surface area contributed by atoms with E-state index in [1.54, 1.807) is 0 Å². The van der Waals surface area contributed by atoms with E-state index in [1.165, 1.54) is 20.8 Å². The molecule has 0 aliphatic rings. The largest absolute Gasteiger partial charge is 0.520 e. The van der Waals surface area contributed by atoms with Gasteiger partial charge in [0.25, 0.3) is 17.9 Å². The Bertz CT molecular complexity index is 326. The van der Waals surface area contributed by atoms with E-state index < -0.39 is 29.5 Å². The Hall–Kier alpha value is -1.16. The first kappa shape index (κ1) is 17.8. The minimum absolute atomic E-state index is 0.273. The fourth-order valence-corrected chi connectivity index (χ4v) is 5.55. The number of hydrogen-bond acceptors (Lipinski definition) is 6. The van der Waals surface area contributed by atoms with Gasteiger partial charge in [0.15, 0.2) is 0 Å². The van der Waals surface area contributed by atoms with Crippen molar-refractivity contribution in [2.24, 2.45) is 0 Å². The maximum absolute atomic E-state index is 10.9. The summed E-state index contributed by atoms with van der Waals surface area (Å²) in [4.78, 5) is 32.7. The van der Waals surface area contributed by atoms with Crippen LogP contribution >= 0.6 is 0 Å². The summed E-state index contributed by atoms with van der Waals surface area (Å²) in [6, 6.07) is 1.29. The molecule has 0 unspecified atom stereocenters. The van der Waals surface area contributed by atoms with Crippen molar-refractivity contribution in [1.29, 1.82) is 0 Å². The summed E-state index contributed by atoms with van der Waals surface area (Å²) in [7, 11) is -4.31. The van der Waals surface area contributed by atoms with Gasteiger partial charge in [-0.05, 0) is 25.6 Å². The fourth-order valence-electron chi connectivity index (χ4n) is 1.65. The fraction of sp³-hybridized carbons (Fsp3) is 0.727. The second kappa shape index (κ2) is 8.10. The minimum atomic E-state index is -2.29. The summed E-state index contributed by atoms with van der Waals surface area (Å²) in [5, 5.41) is 0. The molecule has 0 heterocycles. The minimum Gasteiger partial charge on any atom is -0.520 e. The maximum Gasteiger partial charge on any atom is 0.448 e. The summed E-state index contributed by atoms with van der Waals surface area (Å²) in [6.07, 6.45) is 0.712. The van der Waals surface area contributed by atoms with Crippen LogP contribution in [0.15, 0.2) is 0 Å². The zero-order valence-corrected chi connectivity index (χ0v) is 14.3. The van der Waals surface area contributed by atoms with E-state index in [2.05, 4.69) is 0 Å². The first-order valence-corrected chi connectivity index (χ1v) is 11.0. The maximum atomic E-state index is 10.9. The van der Waals surface area contributed by atoms with Crippen LogP contribution in [0.4, 0.5) is 0 Å². The van der Waals surface area contributed by atoms with Crippen LogP contribution in [0.5, 0.6) is 0 Å². The van der Waals surface area contributed by atoms with Crippen molar-refractivity contribution in [3.63, 3.8) is 0 Å². The van der Waals surface area contributed by atoms with Gasteiger partial charge in [0.1, 0.15) is 0 Å². The Morgan fingerprint density at radius 2 is 1.42 bits per heavy atom. The van der Waals surface area contributed by atoms with Crippen LogP contribution in [0.3, 0.4) is 0 Å². The van der Waals surface area contributed by atoms with Crippen LogP contribution in [-0.4, -0.2) is 35.5 Å². The van der Waals surface area contributed by atoms with E-state index in [4.69, 9.17) is 13.3 Å². The van der Waals surface area contributed by atoms with Crippen molar-refractivity contribution in [2.45, 2.75) is 52.4 Å². The Labute approximate surface area is 116 Å². The molecule has 6 nitrogen and oxygen atoms in total. The third-order valence-electron chi connectivity index (χ3n) is 2.23. The normalized spacial score (nSPS) is 11.1. The predicted octanol–water partition coefficient (Wildman–Crippen LogP) is 1.49. The highest BCUT2D eigenvalue weighted by atomic mass is 28.4. The average Bonchev–Trinajstić information content (AvgIpc) is 2.11. The molecule has 0 rings (SSSR count). The van der Waals surface area contributed by atoms with Gasteiger partial charge < -0.3 is 13.3 Å². The Morgan fingerprint density at radius 1 is 0.947 bits per heavy atom. The lowest BCUT2D eigenvalue weighted by Crippen LogP contribution is -2.33. The number of hydrogen-bond donors (Lipinski definition) is 0. The molecule has 0 spiro atoms. The molecule has 0 aliphatic heterocycles. The first-order chi connectivity index (χ1) is 8.62. The average molecular weight is 306 g/mol. The molecule has 0 bridgehead atoms. The number of carbonyl (C=O) groups excluding carboxylic acids is 3. The third-order valence-corrected chi connectivity index (χ3v) is 6.70. The molecule has 19 heavy (non-hydrogen) atoms. The molecule has 110 valence electrons. The summed E-state index contributed by atoms with van der Waals surface area (Å²) >= 11 is 0. The van der Waals surface area contributed by atoms with Gasteiger partial charge in [-0.1, -0.05) is 0 Å². The second-order valence-corrected chi connectivity index (χ2v) is 11.0. The smallest absolute Gasteiger partial charge is 0.448 e. The number of rotatable bonds is 7. The van der Waals surface area contributed by atoms with Gasteiger partial charge in [-0.25, -0.2) is 0 Å². The van der Waals surface area contributed by atoms with Crippen molar-refractivity contribution < 1.29 is 27.7 Å². The van der Waals surface area contributed by atoms with Gasteiger partial charge in [-0.3, -0.25) is 14.4 Å². The van der Waals surface area contributed by atoms with Gasteiger partial charge in [0, 0.05) is 26.8 Å². The quantitative estimate of drug-likeness (QED) is 0.663. The van der Waals surface area contributed by atoms with Gasteiger partial charge in [-0.2, -0.15) is 0 Å². The molecule has 0 N–H and O–H groups in total. The van der Waals surface area contributed by atoms with E-state index in [1.807, 2.05) is 13.1 Å². The summed E-state index contributed by atoms with van der Waals surface area (Å²) in [5.74, 6) is -1.14. The van der Waals surface area contributed by atoms with E-state index in [0.29, 0.717) is 12.5 Å². The van der Waals surface area contributed by atoms with Crippen molar-refractivity contribution in [2.75, 3.05) is 0 Å². The lowest BCUT2D eigenvalue weighted by molar-refractivity contribution is -0.138. The summed E-state index contributed by atoms with van der Waals surface area (Å²) in [5.41, 5.74) is 0. The van der Waals surface area contributed by atoms with E-state index in [9.17, 15) is 14.4 Å². The predicted molar refractivity (Wildman–Crippen MR) is 74.2 cm³/mol. The van der Waals surface area contributed by atoms with Crippen molar-refractivity contribution in [3.8, 4) is 0 Å². The zero-order valence-electron chi connectivity index (χ0n) is 12.1. The van der Waals surface area contributed by atoms with Crippen molar-refractivity contribution >= 4 is 35.5 Å². The Morgan fingerprint density at radius 3 is 1.79 bits per heavy atom. The second-order valence-electron chi connectivity index (χ2n) is 4.89. The summed E-state index contributed by atoms with van der Waals surface area (Å²) < 4.78 is 15.3. The molecule has 0 aromatic heterocycles. The van der Waals surface area contributed by atoms with Gasteiger partial charge in [0.2, 0.25) is 8.32 Å². The standard InChI is InChI=1S/C11H22O6Si2/c1-9(12)15-18(16-10(2)13)7-6-8-19(4,5)17-11(3)14/h18H,6-8H2,1-5H3. The van der Waals surface area contributed by atoms with Crippen molar-refractivity contribution in [3.05, 3.63) is 0 Å². The van der Waals surface area contributed by atoms with Gasteiger partial charge in [0.05, 0.1) is 0 Å².